The summed E-state index contributed by atoms with van der Waals surface area (Å²) in [5.74, 6) is 0.0871. The number of rotatable bonds is 3. The molecule has 1 fully saturated rings. The number of carbonyl (C=O) groups excluding carboxylic acids is 3. The van der Waals surface area contributed by atoms with E-state index in [0.29, 0.717) is 32.5 Å². The number of hydrogen-bond acceptors (Lipinski definition) is 5. The quantitative estimate of drug-likeness (QED) is 0.781. The summed E-state index contributed by atoms with van der Waals surface area (Å²) in [4.78, 5) is 44.4. The SMILES string of the molecule is CC(=O)N1CCC(N(Cc2ccc3c(n2)CC(=O)C=C3)C(=O)OC(C)(C)C)CC1. The molecule has 1 aromatic rings. The Morgan fingerprint density at radius 2 is 1.90 bits per heavy atom. The number of piperidine rings is 1. The fourth-order valence-corrected chi connectivity index (χ4v) is 3.68. The van der Waals surface area contributed by atoms with E-state index in [9.17, 15) is 14.4 Å². The molecule has 7 nitrogen and oxygen atoms in total. The lowest BCUT2D eigenvalue weighted by Crippen LogP contribution is -2.49. The molecule has 29 heavy (non-hydrogen) atoms. The number of hydrogen-bond donors (Lipinski definition) is 0. The highest BCUT2D eigenvalue weighted by atomic mass is 16.6. The molecule has 0 unspecified atom stereocenters. The van der Waals surface area contributed by atoms with Crippen molar-refractivity contribution in [1.82, 2.24) is 14.8 Å². The van der Waals surface area contributed by atoms with Crippen LogP contribution in [0.25, 0.3) is 6.08 Å². The second-order valence-corrected chi connectivity index (χ2v) is 8.66. The number of carbonyl (C=O) groups is 3. The Morgan fingerprint density at radius 1 is 1.21 bits per heavy atom. The second-order valence-electron chi connectivity index (χ2n) is 8.66. The molecule has 0 N–H and O–H groups in total. The summed E-state index contributed by atoms with van der Waals surface area (Å²) in [6, 6.07) is 3.80. The van der Waals surface area contributed by atoms with E-state index in [1.807, 2.05) is 32.9 Å². The van der Waals surface area contributed by atoms with Crippen LogP contribution >= 0.6 is 0 Å². The third kappa shape index (κ3) is 5.43. The van der Waals surface area contributed by atoms with Crippen molar-refractivity contribution in [2.24, 2.45) is 0 Å². The summed E-state index contributed by atoms with van der Waals surface area (Å²) in [6.45, 7) is 8.65. The number of ketones is 1. The zero-order valence-electron chi connectivity index (χ0n) is 17.6. The molecular formula is C22H29N3O4. The van der Waals surface area contributed by atoms with E-state index in [4.69, 9.17) is 4.74 Å². The smallest absolute Gasteiger partial charge is 0.410 e. The first-order valence-corrected chi connectivity index (χ1v) is 10.1. The Kier molecular flexibility index (Phi) is 6.05. The molecule has 2 aliphatic rings. The first kappa shape index (κ1) is 21.0. The third-order valence-corrected chi connectivity index (χ3v) is 5.17. The van der Waals surface area contributed by atoms with Gasteiger partial charge in [0.2, 0.25) is 5.91 Å². The zero-order chi connectivity index (χ0) is 21.2. The van der Waals surface area contributed by atoms with Crippen LogP contribution in [0.15, 0.2) is 18.2 Å². The van der Waals surface area contributed by atoms with Gasteiger partial charge in [-0.3, -0.25) is 19.5 Å². The maximum absolute atomic E-state index is 12.9. The Labute approximate surface area is 171 Å². The number of nitrogens with zero attached hydrogens (tertiary/aromatic N) is 3. The maximum atomic E-state index is 12.9. The van der Waals surface area contributed by atoms with Crippen LogP contribution in [0.4, 0.5) is 4.79 Å². The van der Waals surface area contributed by atoms with Gasteiger partial charge in [0, 0.05) is 26.1 Å². The van der Waals surface area contributed by atoms with Crippen molar-refractivity contribution in [3.05, 3.63) is 35.2 Å². The normalized spacial score (nSPS) is 17.1. The molecule has 3 rings (SSSR count). The zero-order valence-corrected chi connectivity index (χ0v) is 17.6. The molecule has 0 saturated carbocycles. The number of aromatic nitrogens is 1. The van der Waals surface area contributed by atoms with Gasteiger partial charge in [-0.15, -0.1) is 0 Å². The first-order valence-electron chi connectivity index (χ1n) is 10.1. The van der Waals surface area contributed by atoms with Crippen molar-refractivity contribution in [2.75, 3.05) is 13.1 Å². The van der Waals surface area contributed by atoms with E-state index in [2.05, 4.69) is 4.98 Å². The average Bonchev–Trinajstić information content (AvgIpc) is 2.64. The molecule has 1 saturated heterocycles. The van der Waals surface area contributed by atoms with Crippen LogP contribution in [0.1, 0.15) is 57.5 Å². The van der Waals surface area contributed by atoms with Gasteiger partial charge in [-0.1, -0.05) is 6.07 Å². The van der Waals surface area contributed by atoms with E-state index in [-0.39, 0.29) is 30.2 Å². The molecule has 0 atom stereocenters. The lowest BCUT2D eigenvalue weighted by molar-refractivity contribution is -0.130. The van der Waals surface area contributed by atoms with Crippen molar-refractivity contribution < 1.29 is 19.1 Å². The molecule has 1 aliphatic carbocycles. The Morgan fingerprint density at radius 3 is 2.52 bits per heavy atom. The van der Waals surface area contributed by atoms with Gasteiger partial charge in [-0.05, 0) is 57.4 Å². The van der Waals surface area contributed by atoms with E-state index < -0.39 is 5.60 Å². The second kappa shape index (κ2) is 8.35. The number of pyridine rings is 1. The third-order valence-electron chi connectivity index (χ3n) is 5.17. The number of amides is 2. The molecule has 0 radical (unpaired) electrons. The average molecular weight is 399 g/mol. The fraction of sp³-hybridized carbons (Fsp3) is 0.545. The molecule has 0 bridgehead atoms. The molecule has 0 spiro atoms. The Bertz CT molecular complexity index is 833. The predicted molar refractivity (Wildman–Crippen MR) is 109 cm³/mol. The summed E-state index contributed by atoms with van der Waals surface area (Å²) >= 11 is 0. The van der Waals surface area contributed by atoms with E-state index in [1.54, 1.807) is 28.9 Å². The van der Waals surface area contributed by atoms with E-state index in [1.165, 1.54) is 0 Å². The lowest BCUT2D eigenvalue weighted by atomic mass is 10.0. The lowest BCUT2D eigenvalue weighted by Gasteiger charge is -2.38. The van der Waals surface area contributed by atoms with Gasteiger partial charge in [-0.25, -0.2) is 4.79 Å². The van der Waals surface area contributed by atoms with Gasteiger partial charge in [-0.2, -0.15) is 0 Å². The molecule has 1 aromatic heterocycles. The summed E-state index contributed by atoms with van der Waals surface area (Å²) in [6.07, 6.45) is 4.65. The summed E-state index contributed by atoms with van der Waals surface area (Å²) in [5.41, 5.74) is 1.81. The summed E-state index contributed by atoms with van der Waals surface area (Å²) in [7, 11) is 0. The van der Waals surface area contributed by atoms with Crippen LogP contribution in [0.2, 0.25) is 0 Å². The molecule has 1 aliphatic heterocycles. The first-order chi connectivity index (χ1) is 13.6. The Balaban J connectivity index is 1.79. The summed E-state index contributed by atoms with van der Waals surface area (Å²) < 4.78 is 5.64. The minimum absolute atomic E-state index is 0.0280. The highest BCUT2D eigenvalue weighted by Crippen LogP contribution is 2.23. The summed E-state index contributed by atoms with van der Waals surface area (Å²) in [5, 5.41) is 0. The molecule has 0 aromatic carbocycles. The molecule has 7 heteroatoms. The molecule has 2 heterocycles. The number of likely N-dealkylation sites (tertiary alicyclic amines) is 1. The van der Waals surface area contributed by atoms with E-state index in [0.717, 1.165) is 17.0 Å². The predicted octanol–water partition coefficient (Wildman–Crippen LogP) is 2.97. The fourth-order valence-electron chi connectivity index (χ4n) is 3.68. The standard InChI is InChI=1S/C22H29N3O4/c1-15(26)24-11-9-18(10-12-24)25(21(28)29-22(2,3)4)14-17-7-5-16-6-8-19(27)13-20(16)23-17/h5-8,18H,9-14H2,1-4H3. The molecule has 2 amide bonds. The van der Waals surface area contributed by atoms with Gasteiger partial charge in [0.15, 0.2) is 5.78 Å². The monoisotopic (exact) mass is 399 g/mol. The van der Waals surface area contributed by atoms with Crippen LogP contribution in [0.5, 0.6) is 0 Å². The minimum Gasteiger partial charge on any atom is -0.444 e. The van der Waals surface area contributed by atoms with Crippen molar-refractivity contribution in [3.8, 4) is 0 Å². The Hall–Kier alpha value is -2.70. The van der Waals surface area contributed by atoms with Crippen molar-refractivity contribution >= 4 is 23.9 Å². The van der Waals surface area contributed by atoms with Crippen LogP contribution in [-0.4, -0.2) is 57.3 Å². The van der Waals surface area contributed by atoms with Crippen molar-refractivity contribution in [2.45, 2.75) is 65.1 Å². The van der Waals surface area contributed by atoms with Crippen LogP contribution in [0.3, 0.4) is 0 Å². The van der Waals surface area contributed by atoms with Crippen LogP contribution in [-0.2, 0) is 27.3 Å². The minimum atomic E-state index is -0.601. The van der Waals surface area contributed by atoms with Gasteiger partial charge in [0.1, 0.15) is 5.60 Å². The van der Waals surface area contributed by atoms with Crippen molar-refractivity contribution in [3.63, 3.8) is 0 Å². The number of allylic oxidation sites excluding steroid dienone is 1. The highest BCUT2D eigenvalue weighted by molar-refractivity contribution is 5.97. The van der Waals surface area contributed by atoms with Crippen LogP contribution in [0, 0.1) is 0 Å². The number of ether oxygens (including phenoxy) is 1. The largest absolute Gasteiger partial charge is 0.444 e. The maximum Gasteiger partial charge on any atom is 0.410 e. The van der Waals surface area contributed by atoms with Gasteiger partial charge in [0.25, 0.3) is 0 Å². The van der Waals surface area contributed by atoms with Gasteiger partial charge >= 0.3 is 6.09 Å². The number of fused-ring (bicyclic) bond motifs is 1. The van der Waals surface area contributed by atoms with Gasteiger partial charge < -0.3 is 9.64 Å². The molecule has 156 valence electrons. The highest BCUT2D eigenvalue weighted by Gasteiger charge is 2.32. The van der Waals surface area contributed by atoms with E-state index >= 15 is 0 Å². The van der Waals surface area contributed by atoms with Crippen molar-refractivity contribution in [1.29, 1.82) is 0 Å². The van der Waals surface area contributed by atoms with Gasteiger partial charge in [0.05, 0.1) is 24.4 Å². The van der Waals surface area contributed by atoms with Crippen LogP contribution < -0.4 is 0 Å². The topological polar surface area (TPSA) is 79.8 Å². The molecular weight excluding hydrogens is 370 g/mol.